The van der Waals surface area contributed by atoms with Crippen LogP contribution in [-0.2, 0) is 0 Å². The van der Waals surface area contributed by atoms with Crippen LogP contribution in [0.3, 0.4) is 0 Å². The minimum atomic E-state index is -4.62. The third-order valence-corrected chi connectivity index (χ3v) is 7.94. The zero-order valence-corrected chi connectivity index (χ0v) is 21.5. The smallest absolute Gasteiger partial charge is 0.393 e. The van der Waals surface area contributed by atoms with Gasteiger partial charge in [0.2, 0.25) is 0 Å². The molecule has 2 aromatic heterocycles. The van der Waals surface area contributed by atoms with Crippen LogP contribution in [0.15, 0.2) is 12.3 Å². The number of hydrogen-bond donors (Lipinski definition) is 3. The Labute approximate surface area is 219 Å². The van der Waals surface area contributed by atoms with Crippen molar-refractivity contribution < 1.29 is 36.6 Å². The number of hydrogen-bond acceptors (Lipinski definition) is 7. The van der Waals surface area contributed by atoms with E-state index in [9.17, 15) is 36.6 Å². The summed E-state index contributed by atoms with van der Waals surface area (Å²) >= 11 is 0.742. The Morgan fingerprint density at radius 3 is 2.55 bits per heavy atom. The number of nitrogens with zero attached hydrogens (tertiary/aromatic N) is 3. The first-order valence-corrected chi connectivity index (χ1v) is 13.1. The summed E-state index contributed by atoms with van der Waals surface area (Å²) in [6.45, 7) is 3.13. The topological polar surface area (TPSA) is 107 Å². The lowest BCUT2D eigenvalue weighted by atomic mass is 10.1. The van der Waals surface area contributed by atoms with Gasteiger partial charge in [-0.15, -0.1) is 11.3 Å². The first kappa shape index (κ1) is 28.1. The SMILES string of the molecule is CC(Nc1cc(C(F)F)c(-c2sc(C(=O)N[C@@H]3CC[C@@H](O)C3)nc2C(=O)N2CCC[C@@H]2C)cn1)C(F)(F)F. The molecule has 0 radical (unpaired) electrons. The average Bonchev–Trinajstić information content (AvgIpc) is 3.58. The number of anilines is 1. The van der Waals surface area contributed by atoms with E-state index in [0.717, 1.165) is 43.4 Å². The Morgan fingerprint density at radius 2 is 1.97 bits per heavy atom. The second-order valence-electron chi connectivity index (χ2n) is 9.69. The van der Waals surface area contributed by atoms with Crippen molar-refractivity contribution in [2.45, 2.75) is 82.8 Å². The maximum Gasteiger partial charge on any atom is 0.408 e. The first-order chi connectivity index (χ1) is 17.8. The van der Waals surface area contributed by atoms with Crippen molar-refractivity contribution in [2.75, 3.05) is 11.9 Å². The number of carbonyl (C=O) groups is 2. The highest BCUT2D eigenvalue weighted by Crippen LogP contribution is 2.39. The zero-order chi connectivity index (χ0) is 27.8. The lowest BCUT2D eigenvalue weighted by Gasteiger charge is -2.21. The molecule has 1 saturated carbocycles. The van der Waals surface area contributed by atoms with Crippen molar-refractivity contribution in [1.29, 1.82) is 0 Å². The summed E-state index contributed by atoms with van der Waals surface area (Å²) in [7, 11) is 0. The summed E-state index contributed by atoms with van der Waals surface area (Å²) in [6, 6.07) is -1.62. The Morgan fingerprint density at radius 1 is 1.24 bits per heavy atom. The molecule has 38 heavy (non-hydrogen) atoms. The Bertz CT molecular complexity index is 1190. The van der Waals surface area contributed by atoms with Crippen molar-refractivity contribution >= 4 is 29.0 Å². The van der Waals surface area contributed by atoms with E-state index in [0.29, 0.717) is 25.8 Å². The van der Waals surface area contributed by atoms with Gasteiger partial charge in [-0.2, -0.15) is 13.2 Å². The van der Waals surface area contributed by atoms with Gasteiger partial charge in [0.1, 0.15) is 17.6 Å². The molecule has 1 unspecified atom stereocenters. The number of alkyl halides is 5. The molecule has 0 aromatic carbocycles. The van der Waals surface area contributed by atoms with Crippen molar-refractivity contribution in [3.05, 3.63) is 28.5 Å². The molecule has 1 saturated heterocycles. The van der Waals surface area contributed by atoms with Crippen molar-refractivity contribution in [3.8, 4) is 10.4 Å². The fourth-order valence-corrected chi connectivity index (χ4v) is 5.67. The van der Waals surface area contributed by atoms with Crippen LogP contribution in [0.2, 0.25) is 0 Å². The summed E-state index contributed by atoms with van der Waals surface area (Å²) in [5.41, 5.74) is -1.02. The standard InChI is InChI=1S/C24H28F5N5O3S/c1-11-4-3-7-34(11)23(37)18-19(38-22(33-18)21(36)32-13-5-6-14(35)8-13)16-10-30-17(9-15(16)20(25)26)31-12(2)24(27,28)29/h9-14,20,35H,3-8H2,1-2H3,(H,30,31)(H,32,36)/t11-,12?,13+,14+/m0/s1. The summed E-state index contributed by atoms with van der Waals surface area (Å²) in [6.07, 6.45) is -4.32. The molecule has 1 aliphatic carbocycles. The van der Waals surface area contributed by atoms with E-state index in [2.05, 4.69) is 20.6 Å². The molecule has 2 fully saturated rings. The summed E-state index contributed by atoms with van der Waals surface area (Å²) in [4.78, 5) is 36.1. The number of nitrogens with one attached hydrogen (secondary N) is 2. The molecular weight excluding hydrogens is 533 g/mol. The third-order valence-electron chi connectivity index (χ3n) is 6.85. The largest absolute Gasteiger partial charge is 0.408 e. The molecule has 8 nitrogen and oxygen atoms in total. The lowest BCUT2D eigenvalue weighted by molar-refractivity contribution is -0.138. The normalized spacial score (nSPS) is 22.7. The van der Waals surface area contributed by atoms with E-state index in [1.165, 1.54) is 0 Å². The summed E-state index contributed by atoms with van der Waals surface area (Å²) in [5, 5.41) is 14.5. The Hall–Kier alpha value is -2.87. The molecule has 2 aliphatic rings. The number of likely N-dealkylation sites (tertiary alicyclic amines) is 1. The van der Waals surface area contributed by atoms with Gasteiger partial charge in [0.05, 0.1) is 11.0 Å². The monoisotopic (exact) mass is 561 g/mol. The van der Waals surface area contributed by atoms with Gasteiger partial charge in [-0.3, -0.25) is 9.59 Å². The number of amides is 2. The minimum Gasteiger partial charge on any atom is -0.393 e. The fourth-order valence-electron chi connectivity index (χ4n) is 4.68. The maximum absolute atomic E-state index is 14.1. The molecule has 1 aliphatic heterocycles. The van der Waals surface area contributed by atoms with Gasteiger partial charge in [0, 0.05) is 36.0 Å². The number of aliphatic hydroxyl groups excluding tert-OH is 1. The van der Waals surface area contributed by atoms with Crippen molar-refractivity contribution in [1.82, 2.24) is 20.2 Å². The van der Waals surface area contributed by atoms with Gasteiger partial charge in [0.25, 0.3) is 18.2 Å². The molecule has 2 aromatic rings. The molecule has 0 spiro atoms. The van der Waals surface area contributed by atoms with Crippen molar-refractivity contribution in [2.24, 2.45) is 0 Å². The van der Waals surface area contributed by atoms with E-state index < -0.39 is 47.9 Å². The van der Waals surface area contributed by atoms with E-state index in [1.807, 2.05) is 6.92 Å². The van der Waals surface area contributed by atoms with Gasteiger partial charge in [-0.25, -0.2) is 18.7 Å². The molecule has 2 amide bonds. The number of carbonyl (C=O) groups excluding carboxylic acids is 2. The molecule has 14 heteroatoms. The summed E-state index contributed by atoms with van der Waals surface area (Å²) < 4.78 is 67.2. The highest BCUT2D eigenvalue weighted by Gasteiger charge is 2.37. The van der Waals surface area contributed by atoms with E-state index in [1.54, 1.807) is 4.90 Å². The first-order valence-electron chi connectivity index (χ1n) is 12.3. The molecule has 4 atom stereocenters. The van der Waals surface area contributed by atoms with Crippen LogP contribution in [-0.4, -0.2) is 68.7 Å². The van der Waals surface area contributed by atoms with Crippen LogP contribution in [0.25, 0.3) is 10.4 Å². The van der Waals surface area contributed by atoms with Gasteiger partial charge < -0.3 is 20.6 Å². The molecular formula is C24H28F5N5O3S. The number of rotatable bonds is 7. The van der Waals surface area contributed by atoms with Gasteiger partial charge in [0.15, 0.2) is 5.01 Å². The van der Waals surface area contributed by atoms with E-state index >= 15 is 0 Å². The lowest BCUT2D eigenvalue weighted by Crippen LogP contribution is -2.35. The van der Waals surface area contributed by atoms with Crippen molar-refractivity contribution in [3.63, 3.8) is 0 Å². The molecule has 208 valence electrons. The second-order valence-corrected chi connectivity index (χ2v) is 10.7. The molecule has 3 heterocycles. The van der Waals surface area contributed by atoms with Gasteiger partial charge >= 0.3 is 6.18 Å². The highest BCUT2D eigenvalue weighted by molar-refractivity contribution is 7.17. The quantitative estimate of drug-likeness (QED) is 0.421. The number of thiazole rings is 1. The zero-order valence-electron chi connectivity index (χ0n) is 20.7. The van der Waals surface area contributed by atoms with Crippen LogP contribution in [0, 0.1) is 0 Å². The summed E-state index contributed by atoms with van der Waals surface area (Å²) in [5.74, 6) is -1.53. The number of aliphatic hydroxyl groups is 1. The number of pyridine rings is 1. The van der Waals surface area contributed by atoms with Crippen LogP contribution in [0.4, 0.5) is 27.8 Å². The average molecular weight is 562 g/mol. The Kier molecular flexibility index (Phi) is 8.21. The highest BCUT2D eigenvalue weighted by atomic mass is 32.1. The van der Waals surface area contributed by atoms with E-state index in [4.69, 9.17) is 0 Å². The Balaban J connectivity index is 1.73. The van der Waals surface area contributed by atoms with E-state index in [-0.39, 0.29) is 33.2 Å². The van der Waals surface area contributed by atoms with Crippen LogP contribution < -0.4 is 10.6 Å². The minimum absolute atomic E-state index is 0.0103. The van der Waals surface area contributed by atoms with Crippen LogP contribution >= 0.6 is 11.3 Å². The van der Waals surface area contributed by atoms with Crippen LogP contribution in [0.1, 0.15) is 78.2 Å². The van der Waals surface area contributed by atoms with Gasteiger partial charge in [-0.05, 0) is 52.0 Å². The number of aromatic nitrogens is 2. The fraction of sp³-hybridized carbons (Fsp3) is 0.583. The second kappa shape index (κ2) is 11.1. The van der Waals surface area contributed by atoms with Crippen LogP contribution in [0.5, 0.6) is 0 Å². The molecule has 0 bridgehead atoms. The molecule has 4 rings (SSSR count). The predicted octanol–water partition coefficient (Wildman–Crippen LogP) is 4.77. The maximum atomic E-state index is 14.1. The third kappa shape index (κ3) is 6.06. The van der Waals surface area contributed by atoms with Gasteiger partial charge in [-0.1, -0.05) is 0 Å². The number of halogens is 5. The predicted molar refractivity (Wildman–Crippen MR) is 130 cm³/mol. The molecule has 3 N–H and O–H groups in total.